The third-order valence-electron chi connectivity index (χ3n) is 2.20. The van der Waals surface area contributed by atoms with Crippen LogP contribution in [0.4, 0.5) is 0 Å². The number of hydrogen-bond acceptors (Lipinski definition) is 3. The summed E-state index contributed by atoms with van der Waals surface area (Å²) < 4.78 is 5.64. The Morgan fingerprint density at radius 2 is 2.46 bits per heavy atom. The van der Waals surface area contributed by atoms with Crippen LogP contribution in [-0.2, 0) is 9.53 Å². The Hall–Kier alpha value is -0.350. The van der Waals surface area contributed by atoms with Crippen LogP contribution in [0.1, 0.15) is 6.42 Å². The molecule has 1 saturated heterocycles. The highest BCUT2D eigenvalue weighted by atomic mass is 79.9. The number of methoxy groups -OCH3 is 1. The van der Waals surface area contributed by atoms with Crippen molar-refractivity contribution in [3.63, 3.8) is 0 Å². The van der Waals surface area contributed by atoms with Gasteiger partial charge in [0.15, 0.2) is 0 Å². The first-order valence-corrected chi connectivity index (χ1v) is 5.06. The quantitative estimate of drug-likeness (QED) is 0.707. The SMILES string of the molecule is C=C(Br)CN1CCC(C(=O)OC)C1. The molecule has 1 atom stereocenters. The van der Waals surface area contributed by atoms with Gasteiger partial charge in [0.25, 0.3) is 0 Å². The first kappa shape index (κ1) is 10.7. The molecule has 0 N–H and O–H groups in total. The van der Waals surface area contributed by atoms with Gasteiger partial charge < -0.3 is 4.74 Å². The van der Waals surface area contributed by atoms with Gasteiger partial charge in [-0.2, -0.15) is 0 Å². The molecule has 0 spiro atoms. The molecule has 0 aliphatic carbocycles. The van der Waals surface area contributed by atoms with Gasteiger partial charge in [0.2, 0.25) is 0 Å². The van der Waals surface area contributed by atoms with Crippen LogP contribution in [-0.4, -0.2) is 37.6 Å². The third kappa shape index (κ3) is 3.12. The van der Waals surface area contributed by atoms with Crippen molar-refractivity contribution in [2.24, 2.45) is 5.92 Å². The highest BCUT2D eigenvalue weighted by Crippen LogP contribution is 2.19. The molecule has 1 rings (SSSR count). The summed E-state index contributed by atoms with van der Waals surface area (Å²) in [5.74, 6) is -0.0421. The lowest BCUT2D eigenvalue weighted by molar-refractivity contribution is -0.144. The molecule has 0 amide bonds. The molecule has 3 nitrogen and oxygen atoms in total. The van der Waals surface area contributed by atoms with E-state index in [2.05, 4.69) is 32.1 Å². The van der Waals surface area contributed by atoms with Gasteiger partial charge in [0.05, 0.1) is 13.0 Å². The first-order chi connectivity index (χ1) is 6.13. The van der Waals surface area contributed by atoms with E-state index in [1.54, 1.807) is 0 Å². The summed E-state index contributed by atoms with van der Waals surface area (Å²) in [5.41, 5.74) is 0. The standard InChI is InChI=1S/C9H14BrNO2/c1-7(10)5-11-4-3-8(6-11)9(12)13-2/h8H,1,3-6H2,2H3. The molecule has 0 bridgehead atoms. The molecule has 1 aliphatic heterocycles. The molecule has 74 valence electrons. The van der Waals surface area contributed by atoms with Gasteiger partial charge in [-0.15, -0.1) is 0 Å². The zero-order valence-electron chi connectivity index (χ0n) is 7.75. The molecule has 1 heterocycles. The Bertz CT molecular complexity index is 218. The number of carbonyl (C=O) groups is 1. The fourth-order valence-corrected chi connectivity index (χ4v) is 1.93. The number of halogens is 1. The van der Waals surface area contributed by atoms with Gasteiger partial charge in [-0.25, -0.2) is 0 Å². The van der Waals surface area contributed by atoms with Crippen molar-refractivity contribution in [3.05, 3.63) is 11.1 Å². The van der Waals surface area contributed by atoms with E-state index in [4.69, 9.17) is 0 Å². The molecule has 0 aromatic carbocycles. The summed E-state index contributed by atoms with van der Waals surface area (Å²) >= 11 is 3.31. The van der Waals surface area contributed by atoms with Crippen LogP contribution in [0.5, 0.6) is 0 Å². The summed E-state index contributed by atoms with van der Waals surface area (Å²) in [6.45, 7) is 6.32. The smallest absolute Gasteiger partial charge is 0.310 e. The van der Waals surface area contributed by atoms with Crippen LogP contribution in [0.25, 0.3) is 0 Å². The van der Waals surface area contributed by atoms with Crippen molar-refractivity contribution < 1.29 is 9.53 Å². The highest BCUT2D eigenvalue weighted by molar-refractivity contribution is 9.11. The van der Waals surface area contributed by atoms with E-state index >= 15 is 0 Å². The second kappa shape index (κ2) is 4.77. The lowest BCUT2D eigenvalue weighted by Crippen LogP contribution is -2.24. The van der Waals surface area contributed by atoms with Gasteiger partial charge in [-0.05, 0) is 13.0 Å². The minimum absolute atomic E-state index is 0.0526. The maximum atomic E-state index is 11.2. The van der Waals surface area contributed by atoms with Crippen molar-refractivity contribution in [1.29, 1.82) is 0 Å². The number of ether oxygens (including phenoxy) is 1. The topological polar surface area (TPSA) is 29.5 Å². The van der Waals surface area contributed by atoms with Crippen LogP contribution >= 0.6 is 15.9 Å². The van der Waals surface area contributed by atoms with Crippen LogP contribution in [0, 0.1) is 5.92 Å². The van der Waals surface area contributed by atoms with Crippen molar-refractivity contribution >= 4 is 21.9 Å². The second-order valence-corrected chi connectivity index (χ2v) is 4.38. The van der Waals surface area contributed by atoms with Crippen LogP contribution in [0.15, 0.2) is 11.1 Å². The Kier molecular flexibility index (Phi) is 3.93. The fourth-order valence-electron chi connectivity index (χ4n) is 1.58. The minimum Gasteiger partial charge on any atom is -0.469 e. The summed E-state index contributed by atoms with van der Waals surface area (Å²) in [6, 6.07) is 0. The second-order valence-electron chi connectivity index (χ2n) is 3.26. The Balaban J connectivity index is 2.36. The molecule has 0 saturated carbocycles. The van der Waals surface area contributed by atoms with Crippen molar-refractivity contribution in [2.45, 2.75) is 6.42 Å². The molecule has 1 aliphatic rings. The molecule has 4 heteroatoms. The Morgan fingerprint density at radius 1 is 1.77 bits per heavy atom. The summed E-state index contributed by atoms with van der Waals surface area (Å²) in [7, 11) is 1.44. The van der Waals surface area contributed by atoms with E-state index in [1.165, 1.54) is 7.11 Å². The minimum atomic E-state index is -0.0947. The molecule has 0 radical (unpaired) electrons. The Labute approximate surface area is 86.9 Å². The number of carbonyl (C=O) groups excluding carboxylic acids is 1. The average Bonchev–Trinajstić information content (AvgIpc) is 2.50. The Morgan fingerprint density at radius 3 is 3.00 bits per heavy atom. The van der Waals surface area contributed by atoms with E-state index < -0.39 is 0 Å². The van der Waals surface area contributed by atoms with Crippen molar-refractivity contribution in [2.75, 3.05) is 26.7 Å². The molecule has 0 aromatic rings. The molecule has 13 heavy (non-hydrogen) atoms. The summed E-state index contributed by atoms with van der Waals surface area (Å²) in [4.78, 5) is 13.4. The molecule has 1 unspecified atom stereocenters. The summed E-state index contributed by atoms with van der Waals surface area (Å²) in [5, 5.41) is 0. The fraction of sp³-hybridized carbons (Fsp3) is 0.667. The molecule has 1 fully saturated rings. The van der Waals surface area contributed by atoms with Crippen LogP contribution in [0.2, 0.25) is 0 Å². The third-order valence-corrected chi connectivity index (χ3v) is 2.45. The highest BCUT2D eigenvalue weighted by Gasteiger charge is 2.28. The largest absolute Gasteiger partial charge is 0.469 e. The first-order valence-electron chi connectivity index (χ1n) is 4.27. The molecular weight excluding hydrogens is 234 g/mol. The van der Waals surface area contributed by atoms with Gasteiger partial charge in [0.1, 0.15) is 0 Å². The predicted octanol–water partition coefficient (Wildman–Crippen LogP) is 1.39. The van der Waals surface area contributed by atoms with E-state index in [1.807, 2.05) is 0 Å². The van der Waals surface area contributed by atoms with Gasteiger partial charge >= 0.3 is 5.97 Å². The average molecular weight is 248 g/mol. The lowest BCUT2D eigenvalue weighted by atomic mass is 10.1. The number of esters is 1. The van der Waals surface area contributed by atoms with Crippen LogP contribution < -0.4 is 0 Å². The van der Waals surface area contributed by atoms with E-state index in [9.17, 15) is 4.79 Å². The van der Waals surface area contributed by atoms with E-state index in [0.29, 0.717) is 0 Å². The van der Waals surface area contributed by atoms with E-state index in [0.717, 1.165) is 30.5 Å². The lowest BCUT2D eigenvalue weighted by Gasteiger charge is -2.13. The van der Waals surface area contributed by atoms with Gasteiger partial charge in [-0.3, -0.25) is 9.69 Å². The normalized spacial score (nSPS) is 23.1. The van der Waals surface area contributed by atoms with Crippen molar-refractivity contribution in [1.82, 2.24) is 4.90 Å². The summed E-state index contributed by atoms with van der Waals surface area (Å²) in [6.07, 6.45) is 0.896. The zero-order chi connectivity index (χ0) is 9.84. The predicted molar refractivity (Wildman–Crippen MR) is 54.6 cm³/mol. The maximum absolute atomic E-state index is 11.2. The van der Waals surface area contributed by atoms with Crippen molar-refractivity contribution in [3.8, 4) is 0 Å². The van der Waals surface area contributed by atoms with Gasteiger partial charge in [-0.1, -0.05) is 22.5 Å². The number of likely N-dealkylation sites (tertiary alicyclic amines) is 1. The number of rotatable bonds is 3. The van der Waals surface area contributed by atoms with Gasteiger partial charge in [0, 0.05) is 17.6 Å². The number of hydrogen-bond donors (Lipinski definition) is 0. The molecule has 0 aromatic heterocycles. The molecular formula is C9H14BrNO2. The number of nitrogens with zero attached hydrogens (tertiary/aromatic N) is 1. The zero-order valence-corrected chi connectivity index (χ0v) is 9.34. The van der Waals surface area contributed by atoms with Crippen LogP contribution in [0.3, 0.4) is 0 Å². The van der Waals surface area contributed by atoms with E-state index in [-0.39, 0.29) is 11.9 Å². The maximum Gasteiger partial charge on any atom is 0.310 e. The monoisotopic (exact) mass is 247 g/mol.